The van der Waals surface area contributed by atoms with Crippen LogP contribution in [0, 0.1) is 32.0 Å². The van der Waals surface area contributed by atoms with Gasteiger partial charge >= 0.3 is 140 Å². The Morgan fingerprint density at radius 1 is 0.736 bits per heavy atom. The van der Waals surface area contributed by atoms with E-state index >= 15 is 0 Å². The van der Waals surface area contributed by atoms with Crippen molar-refractivity contribution in [2.45, 2.75) is 70.8 Å². The van der Waals surface area contributed by atoms with Crippen LogP contribution in [0.2, 0.25) is 17.3 Å². The molecule has 0 amide bonds. The van der Waals surface area contributed by atoms with Crippen LogP contribution in [0.1, 0.15) is 56.3 Å². The monoisotopic (exact) mass is 935 g/mol. The van der Waals surface area contributed by atoms with Gasteiger partial charge in [0, 0.05) is 17.0 Å². The van der Waals surface area contributed by atoms with Crippen LogP contribution in [-0.4, -0.2) is 27.8 Å². The first-order valence-electron chi connectivity index (χ1n) is 18.2. The van der Waals surface area contributed by atoms with Crippen LogP contribution < -0.4 is 4.40 Å². The number of aromatic nitrogens is 3. The third-order valence-electron chi connectivity index (χ3n) is 9.75. The first-order valence-corrected chi connectivity index (χ1v) is 25.6. The van der Waals surface area contributed by atoms with Crippen LogP contribution in [-0.2, 0) is 20.1 Å². The van der Waals surface area contributed by atoms with E-state index in [1.54, 1.807) is 4.40 Å². The van der Waals surface area contributed by atoms with Crippen LogP contribution in [0.4, 0.5) is 0 Å². The molecule has 268 valence electrons. The molecule has 0 saturated heterocycles. The number of hydrogen-bond donors (Lipinski definition) is 0. The van der Waals surface area contributed by atoms with Crippen molar-refractivity contribution in [3.8, 4) is 33.8 Å². The maximum atomic E-state index is 6.45. The largest absolute Gasteiger partial charge is 3.00 e. The average molecular weight is 934 g/mol. The molecule has 5 aromatic carbocycles. The number of para-hydroxylation sites is 1. The minimum Gasteiger partial charge on any atom is -0.486 e. The quantitative estimate of drug-likeness (QED) is 0.123. The van der Waals surface area contributed by atoms with Gasteiger partial charge in [0.15, 0.2) is 0 Å². The number of aryl methyl sites for hydroxylation is 2. The zero-order valence-electron chi connectivity index (χ0n) is 32.1. The van der Waals surface area contributed by atoms with Crippen molar-refractivity contribution in [1.29, 1.82) is 0 Å². The summed E-state index contributed by atoms with van der Waals surface area (Å²) < 4.78 is 10.3. The summed E-state index contributed by atoms with van der Waals surface area (Å²) in [5.74, 6) is 8.79. The summed E-state index contributed by atoms with van der Waals surface area (Å²) in [5, 5.41) is 2.09. The Morgan fingerprint density at radius 2 is 1.49 bits per heavy atom. The third-order valence-corrected chi connectivity index (χ3v) is 14.1. The van der Waals surface area contributed by atoms with E-state index in [0.717, 1.165) is 66.7 Å². The molecule has 0 unspecified atom stereocenters. The second-order valence-electron chi connectivity index (χ2n) is 15.3. The van der Waals surface area contributed by atoms with Crippen molar-refractivity contribution in [2.24, 2.45) is 0 Å². The molecule has 0 spiro atoms. The SMILES string of the molecule is CC(C)c1cc(-c2[c-]cccc2)[c-]c[c]1[Ge]([CH3])([CH3])[CH3].Cc1cccc2c1nc(-c1[c-]cc(C)c3c1oc1nc(-c4ccccc4)ccc13)n2C(C)C.[Ir+3]. The zero-order chi connectivity index (χ0) is 36.7. The molecule has 0 N–H and O–H groups in total. The topological polar surface area (TPSA) is 43.9 Å². The Hall–Kier alpha value is -4.29. The maximum Gasteiger partial charge on any atom is 3.00 e. The number of pyridine rings is 1. The molecule has 8 rings (SSSR count). The minimum atomic E-state index is -1.82. The first kappa shape index (κ1) is 38.4. The molecule has 0 bridgehead atoms. The van der Waals surface area contributed by atoms with E-state index < -0.39 is 13.3 Å². The molecule has 53 heavy (non-hydrogen) atoms. The molecule has 6 heteroatoms. The van der Waals surface area contributed by atoms with Gasteiger partial charge in [0.05, 0.1) is 28.1 Å². The molecule has 3 heterocycles. The Bertz CT molecular complexity index is 2530. The summed E-state index contributed by atoms with van der Waals surface area (Å²) >= 11 is -1.82. The Kier molecular flexibility index (Phi) is 11.3. The van der Waals surface area contributed by atoms with Gasteiger partial charge in [-0.3, -0.25) is 4.98 Å². The van der Waals surface area contributed by atoms with Gasteiger partial charge in [-0.15, -0.1) is 17.7 Å². The van der Waals surface area contributed by atoms with Gasteiger partial charge in [0.1, 0.15) is 0 Å². The molecule has 0 aliphatic heterocycles. The standard InChI is InChI=1S/C29H24N3O.C18H22Ge.Ir/c1-17(2)32-24-12-8-9-19(4)26(24)31-28(32)22-14-13-18(3)25-21-15-16-23(20-10-6-5-7-11-20)30-29(21)33-27(22)25;1-14(2)17-13-16(15-9-7-6-8-10-15)11-12-18(17)19(3,4)5;/h5-13,15-17H,1-4H3;6-9,12-14H,1-5H3;/q-1;-2;+3. The summed E-state index contributed by atoms with van der Waals surface area (Å²) in [6, 6.07) is 45.9. The molecule has 0 aliphatic carbocycles. The van der Waals surface area contributed by atoms with Crippen molar-refractivity contribution in [3.05, 3.63) is 138 Å². The molecule has 8 aromatic rings. The molecule has 0 saturated carbocycles. The van der Waals surface area contributed by atoms with E-state index in [9.17, 15) is 0 Å². The number of rotatable bonds is 6. The van der Waals surface area contributed by atoms with Crippen LogP contribution in [0.25, 0.3) is 66.9 Å². The molecule has 3 aromatic heterocycles. The molecular weight excluding hydrogens is 887 g/mol. The van der Waals surface area contributed by atoms with Crippen molar-refractivity contribution >= 4 is 50.8 Å². The fourth-order valence-corrected chi connectivity index (χ4v) is 10.7. The summed E-state index contributed by atoms with van der Waals surface area (Å²) in [7, 11) is 0. The predicted octanol–water partition coefficient (Wildman–Crippen LogP) is 12.3. The van der Waals surface area contributed by atoms with Gasteiger partial charge in [-0.1, -0.05) is 60.3 Å². The van der Waals surface area contributed by atoms with Gasteiger partial charge in [0.25, 0.3) is 0 Å². The van der Waals surface area contributed by atoms with Crippen LogP contribution in [0.5, 0.6) is 0 Å². The second-order valence-corrected chi connectivity index (χ2v) is 25.9. The number of benzene rings is 5. The van der Waals surface area contributed by atoms with Gasteiger partial charge in [-0.2, -0.15) is 0 Å². The smallest absolute Gasteiger partial charge is 0.486 e. The summed E-state index contributed by atoms with van der Waals surface area (Å²) in [5.41, 5.74) is 12.5. The summed E-state index contributed by atoms with van der Waals surface area (Å²) in [6.07, 6.45) is 0. The molecular formula is C47H46GeIrN3O. The Labute approximate surface area is 330 Å². The number of fused-ring (bicyclic) bond motifs is 4. The molecule has 4 nitrogen and oxygen atoms in total. The second kappa shape index (κ2) is 15.6. The van der Waals surface area contributed by atoms with E-state index in [2.05, 4.69) is 148 Å². The minimum absolute atomic E-state index is 0. The van der Waals surface area contributed by atoms with Crippen LogP contribution in [0.3, 0.4) is 0 Å². The Balaban J connectivity index is 0.000000206. The molecule has 0 atom stereocenters. The van der Waals surface area contributed by atoms with Crippen LogP contribution in [0.15, 0.2) is 108 Å². The van der Waals surface area contributed by atoms with Gasteiger partial charge in [-0.05, 0) is 44.5 Å². The van der Waals surface area contributed by atoms with Gasteiger partial charge in [0.2, 0.25) is 5.71 Å². The van der Waals surface area contributed by atoms with Crippen molar-refractivity contribution in [3.63, 3.8) is 0 Å². The summed E-state index contributed by atoms with van der Waals surface area (Å²) in [6.45, 7) is 13.1. The molecule has 0 aliphatic rings. The fourth-order valence-electron chi connectivity index (χ4n) is 7.11. The Morgan fingerprint density at radius 3 is 2.17 bits per heavy atom. The zero-order valence-corrected chi connectivity index (χ0v) is 36.5. The van der Waals surface area contributed by atoms with E-state index in [1.165, 1.54) is 11.1 Å². The van der Waals surface area contributed by atoms with Crippen LogP contribution >= 0.6 is 0 Å². The number of nitrogens with zero attached hydrogens (tertiary/aromatic N) is 3. The van der Waals surface area contributed by atoms with Gasteiger partial charge < -0.3 is 8.98 Å². The van der Waals surface area contributed by atoms with E-state index in [0.29, 0.717) is 11.6 Å². The van der Waals surface area contributed by atoms with E-state index in [1.807, 2.05) is 36.4 Å². The number of hydrogen-bond acceptors (Lipinski definition) is 3. The number of imidazole rings is 1. The number of furan rings is 1. The first-order chi connectivity index (χ1) is 24.9. The fraction of sp³-hybridized carbons (Fsp3) is 0.234. The van der Waals surface area contributed by atoms with Crippen molar-refractivity contribution in [1.82, 2.24) is 14.5 Å². The van der Waals surface area contributed by atoms with E-state index in [4.69, 9.17) is 14.4 Å². The maximum absolute atomic E-state index is 6.45. The van der Waals surface area contributed by atoms with E-state index in [-0.39, 0.29) is 26.1 Å². The summed E-state index contributed by atoms with van der Waals surface area (Å²) in [4.78, 5) is 9.94. The third kappa shape index (κ3) is 7.58. The van der Waals surface area contributed by atoms with Gasteiger partial charge in [-0.25, -0.2) is 4.98 Å². The normalized spacial score (nSPS) is 11.7. The van der Waals surface area contributed by atoms with Crippen molar-refractivity contribution in [2.75, 3.05) is 0 Å². The molecule has 0 fully saturated rings. The van der Waals surface area contributed by atoms with Crippen molar-refractivity contribution < 1.29 is 24.5 Å². The average Bonchev–Trinajstić information content (AvgIpc) is 3.73. The molecule has 0 radical (unpaired) electrons. The predicted molar refractivity (Wildman–Crippen MR) is 221 cm³/mol.